The Morgan fingerprint density at radius 1 is 0.368 bits per heavy atom. The zero-order chi connectivity index (χ0) is 43.5. The number of aromatic nitrogens is 2. The van der Waals surface area contributed by atoms with Crippen LogP contribution in [0, 0.1) is 0 Å². The molecule has 3 heterocycles. The van der Waals surface area contributed by atoms with Crippen molar-refractivity contribution in [3.05, 3.63) is 206 Å². The number of hydrogen-bond donors (Lipinski definition) is 0. The summed E-state index contributed by atoms with van der Waals surface area (Å²) in [7, 11) is 0. The molecule has 9 aromatic carbocycles. The molecule has 0 fully saturated rings. The molecule has 0 N–H and O–H groups in total. The summed E-state index contributed by atoms with van der Waals surface area (Å²) in [5.74, 6) is 0. The van der Waals surface area contributed by atoms with Crippen LogP contribution < -0.4 is 0 Å². The Balaban J connectivity index is 1.19. The van der Waals surface area contributed by atoms with Crippen LogP contribution in [0.4, 0.5) is 0 Å². The van der Waals surface area contributed by atoms with E-state index in [-0.39, 0.29) is 57.6 Å². The molecule has 0 aliphatic rings. The van der Waals surface area contributed by atoms with E-state index in [0.717, 1.165) is 55.1 Å². The van der Waals surface area contributed by atoms with Crippen LogP contribution in [-0.4, -0.2) is 9.13 Å². The minimum Gasteiger partial charge on any atom is -0.456 e. The summed E-state index contributed by atoms with van der Waals surface area (Å²) in [6.45, 7) is 0. The van der Waals surface area contributed by atoms with Gasteiger partial charge >= 0.3 is 0 Å². The lowest BCUT2D eigenvalue weighted by Crippen LogP contribution is -1.97. The standard InChI is InChI=1S/C54H34N2O/c1-3-15-35(16-4-1)39-19-7-10-23-45(39)55-48-32-30-38(34-44(48)53-40(22-13-25-49(53)55)36-17-5-2-6-18-36)37-29-31-47-43(33-37)41-20-8-11-24-46(41)56(47)50-26-14-28-52-54(50)42-21-9-12-27-51(42)57-52/h1-34H/i8D,11D,20D,24D,29D,31D,33D. The second kappa shape index (κ2) is 12.5. The quantitative estimate of drug-likeness (QED) is 0.173. The smallest absolute Gasteiger partial charge is 0.137 e. The summed E-state index contributed by atoms with van der Waals surface area (Å²) < 4.78 is 75.9. The molecule has 0 amide bonds. The Morgan fingerprint density at radius 3 is 1.91 bits per heavy atom. The first-order valence-corrected chi connectivity index (χ1v) is 19.0. The molecule has 0 aliphatic heterocycles. The molecule has 3 heteroatoms. The van der Waals surface area contributed by atoms with Gasteiger partial charge < -0.3 is 13.6 Å². The van der Waals surface area contributed by atoms with Crippen molar-refractivity contribution in [2.24, 2.45) is 0 Å². The number of furan rings is 1. The van der Waals surface area contributed by atoms with Crippen LogP contribution in [0.2, 0.25) is 0 Å². The van der Waals surface area contributed by atoms with Crippen molar-refractivity contribution in [1.29, 1.82) is 0 Å². The first kappa shape index (κ1) is 25.5. The highest BCUT2D eigenvalue weighted by molar-refractivity contribution is 6.18. The van der Waals surface area contributed by atoms with Crippen LogP contribution >= 0.6 is 0 Å². The van der Waals surface area contributed by atoms with Crippen molar-refractivity contribution >= 4 is 65.6 Å². The van der Waals surface area contributed by atoms with E-state index in [2.05, 4.69) is 59.2 Å². The molecule has 0 bridgehead atoms. The molecule has 266 valence electrons. The zero-order valence-electron chi connectivity index (χ0n) is 37.4. The molecule has 0 saturated carbocycles. The van der Waals surface area contributed by atoms with Crippen LogP contribution in [0.3, 0.4) is 0 Å². The number of hydrogen-bond acceptors (Lipinski definition) is 1. The van der Waals surface area contributed by atoms with Crippen molar-refractivity contribution in [2.75, 3.05) is 0 Å². The van der Waals surface area contributed by atoms with E-state index < -0.39 is 12.1 Å². The number of nitrogens with zero attached hydrogens (tertiary/aromatic N) is 2. The predicted molar refractivity (Wildman–Crippen MR) is 239 cm³/mol. The number of fused-ring (bicyclic) bond motifs is 9. The van der Waals surface area contributed by atoms with Gasteiger partial charge in [-0.2, -0.15) is 0 Å². The summed E-state index contributed by atoms with van der Waals surface area (Å²) in [5.41, 5.74) is 9.81. The van der Waals surface area contributed by atoms with Crippen LogP contribution in [0.1, 0.15) is 9.60 Å². The van der Waals surface area contributed by atoms with Crippen molar-refractivity contribution in [3.63, 3.8) is 0 Å². The average molecular weight is 734 g/mol. The van der Waals surface area contributed by atoms with E-state index >= 15 is 0 Å². The van der Waals surface area contributed by atoms with Gasteiger partial charge in [0.2, 0.25) is 0 Å². The van der Waals surface area contributed by atoms with Crippen LogP contribution in [-0.2, 0) is 0 Å². The van der Waals surface area contributed by atoms with E-state index in [1.165, 1.54) is 0 Å². The van der Waals surface area contributed by atoms with Gasteiger partial charge in [-0.1, -0.05) is 145 Å². The highest BCUT2D eigenvalue weighted by Gasteiger charge is 2.21. The van der Waals surface area contributed by atoms with Crippen molar-refractivity contribution in [2.45, 2.75) is 0 Å². The van der Waals surface area contributed by atoms with Crippen molar-refractivity contribution in [3.8, 4) is 44.8 Å². The van der Waals surface area contributed by atoms with Gasteiger partial charge in [0.05, 0.1) is 48.4 Å². The van der Waals surface area contributed by atoms with Crippen molar-refractivity contribution < 1.29 is 14.0 Å². The first-order chi connectivity index (χ1) is 31.2. The zero-order valence-corrected chi connectivity index (χ0v) is 30.4. The van der Waals surface area contributed by atoms with Gasteiger partial charge in [-0.15, -0.1) is 0 Å². The first-order valence-electron chi connectivity index (χ1n) is 22.5. The molecule has 0 saturated heterocycles. The van der Waals surface area contributed by atoms with E-state index in [0.29, 0.717) is 27.8 Å². The Labute approximate surface area is 338 Å². The Morgan fingerprint density at radius 2 is 1.04 bits per heavy atom. The highest BCUT2D eigenvalue weighted by atomic mass is 16.3. The monoisotopic (exact) mass is 733 g/mol. The van der Waals surface area contributed by atoms with E-state index in [1.54, 1.807) is 10.6 Å². The Bertz CT molecular complexity index is 3930. The molecule has 3 aromatic heterocycles. The number of para-hydroxylation sites is 3. The minimum absolute atomic E-state index is 0.102. The van der Waals surface area contributed by atoms with E-state index in [9.17, 15) is 6.85 Å². The maximum Gasteiger partial charge on any atom is 0.137 e. The summed E-state index contributed by atoms with van der Waals surface area (Å²) in [6.07, 6.45) is 0. The number of benzene rings is 9. The Hall–Kier alpha value is -7.62. The largest absolute Gasteiger partial charge is 0.456 e. The van der Waals surface area contributed by atoms with Gasteiger partial charge in [0.25, 0.3) is 0 Å². The topological polar surface area (TPSA) is 23.0 Å². The lowest BCUT2D eigenvalue weighted by atomic mass is 9.97. The third kappa shape index (κ3) is 4.79. The maximum absolute atomic E-state index is 10.0. The second-order valence-electron chi connectivity index (χ2n) is 14.3. The molecule has 0 atom stereocenters. The van der Waals surface area contributed by atoms with Gasteiger partial charge in [0.1, 0.15) is 11.2 Å². The second-order valence-corrected chi connectivity index (χ2v) is 14.3. The molecular formula is C54H34N2O. The third-order valence-electron chi connectivity index (χ3n) is 11.2. The van der Waals surface area contributed by atoms with Gasteiger partial charge in [0.15, 0.2) is 0 Å². The van der Waals surface area contributed by atoms with Crippen molar-refractivity contribution in [1.82, 2.24) is 9.13 Å². The predicted octanol–water partition coefficient (Wildman–Crippen LogP) is 14.8. The number of rotatable bonds is 5. The molecule has 0 unspecified atom stereocenters. The Kier molecular flexibility index (Phi) is 5.56. The van der Waals surface area contributed by atoms with E-state index in [4.69, 9.17) is 7.16 Å². The van der Waals surface area contributed by atoms with Crippen LogP contribution in [0.25, 0.3) is 110 Å². The molecular weight excluding hydrogens is 693 g/mol. The van der Waals surface area contributed by atoms with Gasteiger partial charge in [-0.25, -0.2) is 0 Å². The third-order valence-corrected chi connectivity index (χ3v) is 11.2. The molecule has 57 heavy (non-hydrogen) atoms. The van der Waals surface area contributed by atoms with Crippen LogP contribution in [0.15, 0.2) is 211 Å². The van der Waals surface area contributed by atoms with Gasteiger partial charge in [0, 0.05) is 32.5 Å². The molecule has 12 aromatic rings. The van der Waals surface area contributed by atoms with Gasteiger partial charge in [-0.05, 0) is 88.4 Å². The van der Waals surface area contributed by atoms with E-state index in [1.807, 2.05) is 103 Å². The molecule has 12 rings (SSSR count). The minimum atomic E-state index is -0.440. The summed E-state index contributed by atoms with van der Waals surface area (Å²) >= 11 is 0. The maximum atomic E-state index is 10.0. The normalized spacial score (nSPS) is 13.6. The summed E-state index contributed by atoms with van der Waals surface area (Å²) in [6, 6.07) is 52.1. The lowest BCUT2D eigenvalue weighted by Gasteiger charge is -2.14. The molecule has 3 nitrogen and oxygen atoms in total. The summed E-state index contributed by atoms with van der Waals surface area (Å²) in [4.78, 5) is 0. The molecule has 0 spiro atoms. The van der Waals surface area contributed by atoms with Gasteiger partial charge in [-0.3, -0.25) is 0 Å². The SMILES string of the molecule is [2H]c1c([2H])c([2H])c2c(c1[2H])c1c([2H])c(-c3ccc4c(c3)c3c(-c5ccccc5)cccc3n4-c3ccccc3-c3ccccc3)c([2H])c([2H])c1n2-c1cccc2oc3ccccc3c12. The lowest BCUT2D eigenvalue weighted by molar-refractivity contribution is 0.669. The van der Waals surface area contributed by atoms with Crippen LogP contribution in [0.5, 0.6) is 0 Å². The summed E-state index contributed by atoms with van der Waals surface area (Å²) in [5, 5.41) is 3.65. The fourth-order valence-electron chi connectivity index (χ4n) is 8.72. The molecule has 0 aliphatic carbocycles. The average Bonchev–Trinajstić information content (AvgIpc) is 4.01. The molecule has 0 radical (unpaired) electrons. The fraction of sp³-hybridized carbons (Fsp3) is 0. The highest BCUT2D eigenvalue weighted by Crippen LogP contribution is 2.44. The fourth-order valence-corrected chi connectivity index (χ4v) is 8.72.